The molecular weight excluding hydrogens is 415 g/mol. The van der Waals surface area contributed by atoms with Gasteiger partial charge < -0.3 is 14.6 Å². The van der Waals surface area contributed by atoms with Crippen LogP contribution in [0.15, 0.2) is 40.0 Å². The maximum absolute atomic E-state index is 5.40. The molecule has 4 rings (SSSR count). The van der Waals surface area contributed by atoms with E-state index >= 15 is 0 Å². The van der Waals surface area contributed by atoms with Crippen molar-refractivity contribution in [2.75, 3.05) is 32.7 Å². The number of rotatable bonds is 5. The highest BCUT2D eigenvalue weighted by atomic mass is 127. The van der Waals surface area contributed by atoms with Crippen molar-refractivity contribution in [2.45, 2.75) is 37.8 Å². The summed E-state index contributed by atoms with van der Waals surface area (Å²) in [6.45, 7) is 5.22. The molecule has 1 saturated carbocycles. The Balaban J connectivity index is 0.00000169. The van der Waals surface area contributed by atoms with Crippen LogP contribution in [0.5, 0.6) is 0 Å². The first-order valence-electron chi connectivity index (χ1n) is 8.86. The summed E-state index contributed by atoms with van der Waals surface area (Å²) in [6.07, 6.45) is 11.0. The van der Waals surface area contributed by atoms with Gasteiger partial charge in [0, 0.05) is 51.2 Å². The zero-order chi connectivity index (χ0) is 15.5. The zero-order valence-corrected chi connectivity index (χ0v) is 16.4. The highest BCUT2D eigenvalue weighted by molar-refractivity contribution is 14.0. The second kappa shape index (κ2) is 8.38. The first-order chi connectivity index (χ1) is 11.4. The molecule has 0 aromatic carbocycles. The SMILES string of the molecule is C1=CCN(C2CCN(C(=NCCc3ccco3)NC3CC3)C2)C1.I. The van der Waals surface area contributed by atoms with E-state index in [-0.39, 0.29) is 24.0 Å². The third kappa shape index (κ3) is 4.53. The van der Waals surface area contributed by atoms with Crippen LogP contribution in [0.2, 0.25) is 0 Å². The Morgan fingerprint density at radius 1 is 1.25 bits per heavy atom. The molecule has 3 heterocycles. The second-order valence-corrected chi connectivity index (χ2v) is 6.77. The molecule has 5 nitrogen and oxygen atoms in total. The maximum Gasteiger partial charge on any atom is 0.194 e. The quantitative estimate of drug-likeness (QED) is 0.330. The number of nitrogens with one attached hydrogen (secondary N) is 1. The van der Waals surface area contributed by atoms with E-state index in [2.05, 4.69) is 27.3 Å². The van der Waals surface area contributed by atoms with E-state index in [9.17, 15) is 0 Å². The highest BCUT2D eigenvalue weighted by Gasteiger charge is 2.31. The molecule has 1 aliphatic carbocycles. The van der Waals surface area contributed by atoms with E-state index < -0.39 is 0 Å². The minimum atomic E-state index is 0. The van der Waals surface area contributed by atoms with Crippen molar-refractivity contribution in [3.8, 4) is 0 Å². The molecule has 0 radical (unpaired) electrons. The van der Waals surface area contributed by atoms with Crippen molar-refractivity contribution in [3.63, 3.8) is 0 Å². The highest BCUT2D eigenvalue weighted by Crippen LogP contribution is 2.22. The van der Waals surface area contributed by atoms with Crippen molar-refractivity contribution < 1.29 is 4.42 Å². The fourth-order valence-corrected chi connectivity index (χ4v) is 3.40. The molecule has 132 valence electrons. The van der Waals surface area contributed by atoms with Gasteiger partial charge in [-0.05, 0) is 31.4 Å². The van der Waals surface area contributed by atoms with E-state index in [0.717, 1.165) is 50.9 Å². The van der Waals surface area contributed by atoms with E-state index in [1.165, 1.54) is 19.3 Å². The third-order valence-corrected chi connectivity index (χ3v) is 4.94. The van der Waals surface area contributed by atoms with Crippen LogP contribution < -0.4 is 5.32 Å². The number of halogens is 1. The van der Waals surface area contributed by atoms with E-state index in [4.69, 9.17) is 9.41 Å². The molecule has 2 fully saturated rings. The van der Waals surface area contributed by atoms with Gasteiger partial charge in [-0.15, -0.1) is 24.0 Å². The number of hydrogen-bond acceptors (Lipinski definition) is 3. The predicted octanol–water partition coefficient (Wildman–Crippen LogP) is 2.49. The molecule has 1 saturated heterocycles. The number of hydrogen-bond donors (Lipinski definition) is 1. The lowest BCUT2D eigenvalue weighted by Crippen LogP contribution is -2.43. The summed E-state index contributed by atoms with van der Waals surface area (Å²) in [5, 5.41) is 3.64. The molecule has 0 spiro atoms. The van der Waals surface area contributed by atoms with Gasteiger partial charge in [-0.3, -0.25) is 9.89 Å². The molecule has 2 aliphatic heterocycles. The smallest absolute Gasteiger partial charge is 0.194 e. The van der Waals surface area contributed by atoms with Crippen molar-refractivity contribution >= 4 is 29.9 Å². The summed E-state index contributed by atoms with van der Waals surface area (Å²) in [7, 11) is 0. The summed E-state index contributed by atoms with van der Waals surface area (Å²) in [6, 6.07) is 5.28. The Hall–Kier alpha value is -1.02. The molecule has 3 aliphatic rings. The first-order valence-corrected chi connectivity index (χ1v) is 8.86. The van der Waals surface area contributed by atoms with Crippen LogP contribution in [-0.2, 0) is 6.42 Å². The van der Waals surface area contributed by atoms with Crippen molar-refractivity contribution in [1.82, 2.24) is 15.1 Å². The average Bonchev–Trinajstić information content (AvgIpc) is 3.06. The van der Waals surface area contributed by atoms with Crippen LogP contribution in [0.25, 0.3) is 0 Å². The van der Waals surface area contributed by atoms with Gasteiger partial charge in [0.25, 0.3) is 0 Å². The first kappa shape index (κ1) is 17.8. The second-order valence-electron chi connectivity index (χ2n) is 6.77. The normalized spacial score (nSPS) is 24.4. The standard InChI is InChI=1S/C18H26N4O.HI/c1-2-11-21(10-1)16-8-12-22(14-16)18(20-15-5-6-15)19-9-7-17-4-3-13-23-17;/h1-4,13,15-16H,5-12,14H2,(H,19,20);1H. The van der Waals surface area contributed by atoms with Crippen molar-refractivity contribution in [1.29, 1.82) is 0 Å². The Morgan fingerprint density at radius 2 is 2.08 bits per heavy atom. The van der Waals surface area contributed by atoms with E-state index in [0.29, 0.717) is 12.1 Å². The van der Waals surface area contributed by atoms with Crippen molar-refractivity contribution in [2.24, 2.45) is 4.99 Å². The third-order valence-electron chi connectivity index (χ3n) is 4.94. The Bertz CT molecular complexity index is 560. The Labute approximate surface area is 161 Å². The number of nitrogens with zero attached hydrogens (tertiary/aromatic N) is 3. The van der Waals surface area contributed by atoms with Gasteiger partial charge in [0.15, 0.2) is 5.96 Å². The van der Waals surface area contributed by atoms with Gasteiger partial charge in [-0.25, -0.2) is 0 Å². The predicted molar refractivity (Wildman–Crippen MR) is 107 cm³/mol. The number of furan rings is 1. The van der Waals surface area contributed by atoms with Gasteiger partial charge in [0.1, 0.15) is 5.76 Å². The maximum atomic E-state index is 5.40. The molecule has 6 heteroatoms. The summed E-state index contributed by atoms with van der Waals surface area (Å²) in [5.74, 6) is 2.12. The lowest BCUT2D eigenvalue weighted by Gasteiger charge is -2.25. The minimum absolute atomic E-state index is 0. The summed E-state index contributed by atoms with van der Waals surface area (Å²) < 4.78 is 5.40. The molecule has 1 N–H and O–H groups in total. The van der Waals surface area contributed by atoms with Gasteiger partial charge in [-0.2, -0.15) is 0 Å². The van der Waals surface area contributed by atoms with Gasteiger partial charge in [-0.1, -0.05) is 12.2 Å². The molecule has 1 aromatic heterocycles. The van der Waals surface area contributed by atoms with Crippen molar-refractivity contribution in [3.05, 3.63) is 36.3 Å². The van der Waals surface area contributed by atoms with Crippen LogP contribution in [0.3, 0.4) is 0 Å². The molecular formula is C18H27IN4O. The molecule has 1 aromatic rings. The summed E-state index contributed by atoms with van der Waals surface area (Å²) in [5.41, 5.74) is 0. The number of aliphatic imine (C=N–C) groups is 1. The minimum Gasteiger partial charge on any atom is -0.469 e. The molecule has 24 heavy (non-hydrogen) atoms. The molecule has 0 bridgehead atoms. The summed E-state index contributed by atoms with van der Waals surface area (Å²) >= 11 is 0. The largest absolute Gasteiger partial charge is 0.469 e. The lowest BCUT2D eigenvalue weighted by molar-refractivity contribution is 0.259. The molecule has 1 atom stereocenters. The number of likely N-dealkylation sites (tertiary alicyclic amines) is 1. The Kier molecular flexibility index (Phi) is 6.21. The monoisotopic (exact) mass is 442 g/mol. The zero-order valence-electron chi connectivity index (χ0n) is 14.1. The Morgan fingerprint density at radius 3 is 2.79 bits per heavy atom. The van der Waals surface area contributed by atoms with Gasteiger partial charge in [0.05, 0.1) is 6.26 Å². The molecule has 1 unspecified atom stereocenters. The van der Waals surface area contributed by atoms with Gasteiger partial charge >= 0.3 is 0 Å². The van der Waals surface area contributed by atoms with Crippen LogP contribution in [-0.4, -0.2) is 60.6 Å². The number of guanidine groups is 1. The van der Waals surface area contributed by atoms with Crippen LogP contribution >= 0.6 is 24.0 Å². The topological polar surface area (TPSA) is 44.0 Å². The fraction of sp³-hybridized carbons (Fsp3) is 0.611. The van der Waals surface area contributed by atoms with E-state index in [1.54, 1.807) is 6.26 Å². The summed E-state index contributed by atoms with van der Waals surface area (Å²) in [4.78, 5) is 9.87. The van der Waals surface area contributed by atoms with E-state index in [1.807, 2.05) is 12.1 Å². The van der Waals surface area contributed by atoms with Crippen LogP contribution in [0, 0.1) is 0 Å². The van der Waals surface area contributed by atoms with Gasteiger partial charge in [0.2, 0.25) is 0 Å². The average molecular weight is 442 g/mol. The van der Waals surface area contributed by atoms with Crippen LogP contribution in [0.4, 0.5) is 0 Å². The van der Waals surface area contributed by atoms with Crippen LogP contribution in [0.1, 0.15) is 25.0 Å². The fourth-order valence-electron chi connectivity index (χ4n) is 3.40. The lowest BCUT2D eigenvalue weighted by atomic mass is 10.2. The molecule has 0 amide bonds.